The minimum atomic E-state index is -0.761. The molecule has 1 heterocycles. The van der Waals surface area contributed by atoms with Crippen molar-refractivity contribution in [3.63, 3.8) is 0 Å². The molecular formula is C21H23NO7. The number of carbonyl (C=O) groups is 3. The Kier molecular flexibility index (Phi) is 6.03. The van der Waals surface area contributed by atoms with Crippen molar-refractivity contribution in [2.75, 3.05) is 33.3 Å². The molecule has 1 aliphatic heterocycles. The van der Waals surface area contributed by atoms with Crippen LogP contribution in [0.3, 0.4) is 0 Å². The predicted octanol–water partition coefficient (Wildman–Crippen LogP) is 1.64. The Balaban J connectivity index is 2.05. The van der Waals surface area contributed by atoms with Gasteiger partial charge in [0, 0.05) is 18.7 Å². The number of esters is 2. The third kappa shape index (κ3) is 3.51. The van der Waals surface area contributed by atoms with Gasteiger partial charge in [0.2, 0.25) is 0 Å². The normalized spacial score (nSPS) is 23.5. The monoisotopic (exact) mass is 401 g/mol. The highest BCUT2D eigenvalue weighted by Crippen LogP contribution is 2.41. The van der Waals surface area contributed by atoms with E-state index in [-0.39, 0.29) is 23.5 Å². The Morgan fingerprint density at radius 1 is 1.00 bits per heavy atom. The van der Waals surface area contributed by atoms with Crippen LogP contribution in [0.2, 0.25) is 0 Å². The summed E-state index contributed by atoms with van der Waals surface area (Å²) >= 11 is 0. The zero-order valence-electron chi connectivity index (χ0n) is 16.7. The molecule has 1 saturated heterocycles. The molecule has 0 aromatic heterocycles. The number of amides is 1. The highest BCUT2D eigenvalue weighted by Gasteiger charge is 2.54. The van der Waals surface area contributed by atoms with Crippen LogP contribution in [-0.2, 0) is 28.6 Å². The molecule has 3 atom stereocenters. The second kappa shape index (κ2) is 8.48. The first-order chi connectivity index (χ1) is 14.0. The molecule has 0 bridgehead atoms. The summed E-state index contributed by atoms with van der Waals surface area (Å²) in [4.78, 5) is 39.1. The van der Waals surface area contributed by atoms with Crippen molar-refractivity contribution in [1.29, 1.82) is 0 Å². The fraction of sp³-hybridized carbons (Fsp3) is 0.381. The van der Waals surface area contributed by atoms with Gasteiger partial charge < -0.3 is 23.8 Å². The maximum absolute atomic E-state index is 12.7. The smallest absolute Gasteiger partial charge is 0.334 e. The molecule has 2 aliphatic rings. The number of methoxy groups -OCH3 is 4. The number of β-lactam (4-membered cyclic amide) rings is 1. The molecule has 1 aromatic rings. The molecule has 0 radical (unpaired) electrons. The average Bonchev–Trinajstić information content (AvgIpc) is 2.76. The Morgan fingerprint density at radius 3 is 2.21 bits per heavy atom. The summed E-state index contributed by atoms with van der Waals surface area (Å²) in [6.45, 7) is 0. The summed E-state index contributed by atoms with van der Waals surface area (Å²) in [5.74, 6) is -1.40. The average molecular weight is 401 g/mol. The standard InChI is InChI=1S/C21H23NO7/c1-26-13-10-8-12(9-11-13)22-17(18(27-2)19(22)23)14-6-5-7-15(20(24)28-3)16(14)21(25)29-4/h5-6,8-11,14,17-18H,7H2,1-4H3/t14-,17-,18+/m0/s1. The topological polar surface area (TPSA) is 91.4 Å². The Labute approximate surface area is 168 Å². The van der Waals surface area contributed by atoms with E-state index in [4.69, 9.17) is 18.9 Å². The first kappa shape index (κ1) is 20.6. The lowest BCUT2D eigenvalue weighted by Gasteiger charge is -2.49. The lowest BCUT2D eigenvalue weighted by molar-refractivity contribution is -0.143. The molecule has 1 fully saturated rings. The quantitative estimate of drug-likeness (QED) is 0.407. The lowest BCUT2D eigenvalue weighted by atomic mass is 9.76. The van der Waals surface area contributed by atoms with Crippen LogP contribution in [0, 0.1) is 5.92 Å². The number of anilines is 1. The zero-order valence-corrected chi connectivity index (χ0v) is 16.7. The van der Waals surface area contributed by atoms with Crippen molar-refractivity contribution in [3.8, 4) is 5.75 Å². The molecule has 0 saturated carbocycles. The molecule has 0 N–H and O–H groups in total. The molecule has 154 valence electrons. The van der Waals surface area contributed by atoms with Crippen LogP contribution in [0.4, 0.5) is 5.69 Å². The molecule has 1 amide bonds. The lowest BCUT2D eigenvalue weighted by Crippen LogP contribution is -2.69. The third-order valence-electron chi connectivity index (χ3n) is 5.22. The first-order valence-electron chi connectivity index (χ1n) is 9.04. The van der Waals surface area contributed by atoms with Gasteiger partial charge in [0.05, 0.1) is 38.5 Å². The first-order valence-corrected chi connectivity index (χ1v) is 9.04. The van der Waals surface area contributed by atoms with E-state index in [0.717, 1.165) is 0 Å². The van der Waals surface area contributed by atoms with Crippen molar-refractivity contribution < 1.29 is 33.3 Å². The Hall–Kier alpha value is -3.13. The molecular weight excluding hydrogens is 378 g/mol. The second-order valence-electron chi connectivity index (χ2n) is 6.59. The van der Waals surface area contributed by atoms with E-state index in [9.17, 15) is 14.4 Å². The van der Waals surface area contributed by atoms with Crippen LogP contribution < -0.4 is 9.64 Å². The van der Waals surface area contributed by atoms with Crippen molar-refractivity contribution in [2.45, 2.75) is 18.6 Å². The SMILES string of the molecule is COC(=O)C1=C(C(=O)OC)[C@@H]([C@H]2[C@@H](OC)C(=O)N2c2ccc(OC)cc2)C=CC1. The highest BCUT2D eigenvalue weighted by atomic mass is 16.5. The molecule has 8 nitrogen and oxygen atoms in total. The number of rotatable bonds is 6. The molecule has 3 rings (SSSR count). The van der Waals surface area contributed by atoms with Crippen molar-refractivity contribution in [3.05, 3.63) is 47.6 Å². The van der Waals surface area contributed by atoms with Crippen LogP contribution in [0.1, 0.15) is 6.42 Å². The van der Waals surface area contributed by atoms with E-state index in [1.165, 1.54) is 21.3 Å². The van der Waals surface area contributed by atoms with Crippen LogP contribution >= 0.6 is 0 Å². The van der Waals surface area contributed by atoms with Gasteiger partial charge in [-0.2, -0.15) is 0 Å². The zero-order chi connectivity index (χ0) is 21.1. The second-order valence-corrected chi connectivity index (χ2v) is 6.59. The molecule has 29 heavy (non-hydrogen) atoms. The van der Waals surface area contributed by atoms with Gasteiger partial charge in [-0.25, -0.2) is 9.59 Å². The van der Waals surface area contributed by atoms with Crippen LogP contribution in [0.5, 0.6) is 5.75 Å². The Bertz CT molecular complexity index is 872. The van der Waals surface area contributed by atoms with Gasteiger partial charge in [-0.3, -0.25) is 4.79 Å². The number of carbonyl (C=O) groups excluding carboxylic acids is 3. The van der Waals surface area contributed by atoms with E-state index >= 15 is 0 Å². The van der Waals surface area contributed by atoms with E-state index in [2.05, 4.69) is 0 Å². The van der Waals surface area contributed by atoms with Gasteiger partial charge in [0.15, 0.2) is 6.10 Å². The fourth-order valence-electron chi connectivity index (χ4n) is 3.82. The summed E-state index contributed by atoms with van der Waals surface area (Å²) in [6, 6.07) is 6.47. The number of hydrogen-bond donors (Lipinski definition) is 0. The van der Waals surface area contributed by atoms with E-state index in [1.807, 2.05) is 0 Å². The van der Waals surface area contributed by atoms with Crippen molar-refractivity contribution >= 4 is 23.5 Å². The van der Waals surface area contributed by atoms with Crippen LogP contribution in [0.25, 0.3) is 0 Å². The fourth-order valence-corrected chi connectivity index (χ4v) is 3.82. The maximum Gasteiger partial charge on any atom is 0.334 e. The number of ether oxygens (including phenoxy) is 4. The predicted molar refractivity (Wildman–Crippen MR) is 103 cm³/mol. The highest BCUT2D eigenvalue weighted by molar-refractivity contribution is 6.07. The minimum Gasteiger partial charge on any atom is -0.497 e. The van der Waals surface area contributed by atoms with Crippen LogP contribution in [-0.4, -0.2) is 58.4 Å². The number of allylic oxidation sites excluding steroid dienone is 1. The van der Waals surface area contributed by atoms with Crippen molar-refractivity contribution in [2.24, 2.45) is 5.92 Å². The van der Waals surface area contributed by atoms with Gasteiger partial charge >= 0.3 is 11.9 Å². The van der Waals surface area contributed by atoms with E-state index < -0.39 is 30.0 Å². The third-order valence-corrected chi connectivity index (χ3v) is 5.22. The van der Waals surface area contributed by atoms with Gasteiger partial charge in [-0.1, -0.05) is 12.2 Å². The molecule has 1 aliphatic carbocycles. The van der Waals surface area contributed by atoms with Gasteiger partial charge in [-0.05, 0) is 30.7 Å². The molecule has 0 spiro atoms. The summed E-state index contributed by atoms with van der Waals surface area (Å²) in [6.07, 6.45) is 3.07. The number of hydrogen-bond acceptors (Lipinski definition) is 7. The molecule has 1 aromatic carbocycles. The number of benzene rings is 1. The largest absolute Gasteiger partial charge is 0.497 e. The molecule has 8 heteroatoms. The summed E-state index contributed by atoms with van der Waals surface area (Å²) < 4.78 is 20.3. The summed E-state index contributed by atoms with van der Waals surface area (Å²) in [7, 11) is 5.50. The maximum atomic E-state index is 12.7. The summed E-state index contributed by atoms with van der Waals surface area (Å²) in [5, 5.41) is 0. The van der Waals surface area contributed by atoms with Crippen LogP contribution in [0.15, 0.2) is 47.6 Å². The van der Waals surface area contributed by atoms with Gasteiger partial charge in [0.25, 0.3) is 5.91 Å². The van der Waals surface area contributed by atoms with E-state index in [0.29, 0.717) is 11.4 Å². The Morgan fingerprint density at radius 2 is 1.66 bits per heavy atom. The molecule has 0 unspecified atom stereocenters. The minimum absolute atomic E-state index is 0.180. The van der Waals surface area contributed by atoms with E-state index in [1.54, 1.807) is 48.4 Å². The van der Waals surface area contributed by atoms with Gasteiger partial charge in [0.1, 0.15) is 5.75 Å². The van der Waals surface area contributed by atoms with Crippen molar-refractivity contribution in [1.82, 2.24) is 0 Å². The summed E-state index contributed by atoms with van der Waals surface area (Å²) in [5.41, 5.74) is 1.03. The number of nitrogens with zero attached hydrogens (tertiary/aromatic N) is 1. The van der Waals surface area contributed by atoms with Gasteiger partial charge in [-0.15, -0.1) is 0 Å².